The van der Waals surface area contributed by atoms with Crippen molar-refractivity contribution in [2.75, 3.05) is 7.11 Å². The van der Waals surface area contributed by atoms with Crippen molar-refractivity contribution in [3.63, 3.8) is 0 Å². The van der Waals surface area contributed by atoms with Crippen molar-refractivity contribution in [1.82, 2.24) is 14.7 Å². The molecule has 1 heterocycles. The van der Waals surface area contributed by atoms with Crippen molar-refractivity contribution in [2.45, 2.75) is 50.5 Å². The lowest BCUT2D eigenvalue weighted by atomic mass is 9.94. The van der Waals surface area contributed by atoms with Crippen LogP contribution in [0.15, 0.2) is 36.7 Å². The summed E-state index contributed by atoms with van der Waals surface area (Å²) < 4.78 is 38.6. The van der Waals surface area contributed by atoms with Gasteiger partial charge < -0.3 is 9.47 Å². The highest BCUT2D eigenvalue weighted by atomic mass is 32.2. The minimum absolute atomic E-state index is 0.00308. The summed E-state index contributed by atoms with van der Waals surface area (Å²) in [7, 11) is -1.83. The molecule has 0 radical (unpaired) electrons. The summed E-state index contributed by atoms with van der Waals surface area (Å²) in [5, 5.41) is 0. The fourth-order valence-electron chi connectivity index (χ4n) is 3.15. The highest BCUT2D eigenvalue weighted by Gasteiger charge is 2.26. The normalized spacial score (nSPS) is 20.2. The van der Waals surface area contributed by atoms with E-state index in [0.717, 1.165) is 36.8 Å². The van der Waals surface area contributed by atoms with Crippen LogP contribution in [0.2, 0.25) is 0 Å². The maximum absolute atomic E-state index is 12.4. The van der Waals surface area contributed by atoms with E-state index in [1.165, 1.54) is 13.3 Å². The van der Waals surface area contributed by atoms with Crippen LogP contribution >= 0.6 is 0 Å². The highest BCUT2D eigenvalue weighted by molar-refractivity contribution is 7.88. The quantitative estimate of drug-likeness (QED) is 0.780. The van der Waals surface area contributed by atoms with Crippen LogP contribution in [0.5, 0.6) is 11.8 Å². The average molecular weight is 391 g/mol. The number of ether oxygens (including phenoxy) is 2. The topological polar surface area (TPSA) is 90.4 Å². The number of hydrogen-bond acceptors (Lipinski definition) is 6. The molecular formula is C19H25N3O4S. The first-order valence-electron chi connectivity index (χ1n) is 9.02. The van der Waals surface area contributed by atoms with Gasteiger partial charge in [0, 0.05) is 6.04 Å². The number of nitrogens with one attached hydrogen (secondary N) is 1. The van der Waals surface area contributed by atoms with Crippen molar-refractivity contribution in [2.24, 2.45) is 0 Å². The number of aromatic nitrogens is 2. The number of benzene rings is 1. The van der Waals surface area contributed by atoms with E-state index in [-0.39, 0.29) is 17.9 Å². The molecule has 27 heavy (non-hydrogen) atoms. The molecule has 0 atom stereocenters. The van der Waals surface area contributed by atoms with E-state index >= 15 is 0 Å². The monoisotopic (exact) mass is 391 g/mol. The molecule has 0 unspecified atom stereocenters. The van der Waals surface area contributed by atoms with Gasteiger partial charge in [0.1, 0.15) is 6.10 Å². The van der Waals surface area contributed by atoms with Crippen LogP contribution in [0.4, 0.5) is 0 Å². The van der Waals surface area contributed by atoms with Crippen LogP contribution < -0.4 is 14.2 Å². The third-order valence-corrected chi connectivity index (χ3v) is 5.99. The molecule has 1 aliphatic rings. The molecule has 7 nitrogen and oxygen atoms in total. The molecule has 0 bridgehead atoms. The van der Waals surface area contributed by atoms with E-state index in [1.54, 1.807) is 6.20 Å². The third-order valence-electron chi connectivity index (χ3n) is 4.58. The summed E-state index contributed by atoms with van der Waals surface area (Å²) in [6, 6.07) is 7.50. The number of methoxy groups -OCH3 is 1. The zero-order valence-electron chi connectivity index (χ0n) is 15.6. The van der Waals surface area contributed by atoms with Crippen molar-refractivity contribution < 1.29 is 17.9 Å². The number of aryl methyl sites for hydroxylation is 1. The number of sulfonamides is 1. The lowest BCUT2D eigenvalue weighted by Gasteiger charge is -2.29. The summed E-state index contributed by atoms with van der Waals surface area (Å²) >= 11 is 0. The maximum Gasteiger partial charge on any atom is 0.235 e. The van der Waals surface area contributed by atoms with Crippen LogP contribution in [0.3, 0.4) is 0 Å². The first-order chi connectivity index (χ1) is 12.9. The summed E-state index contributed by atoms with van der Waals surface area (Å²) in [6.45, 7) is 1.98. The van der Waals surface area contributed by atoms with Crippen molar-refractivity contribution in [3.8, 4) is 11.8 Å². The van der Waals surface area contributed by atoms with E-state index < -0.39 is 10.0 Å². The molecule has 8 heteroatoms. The summed E-state index contributed by atoms with van der Waals surface area (Å²) in [4.78, 5) is 8.22. The zero-order valence-corrected chi connectivity index (χ0v) is 16.4. The fourth-order valence-corrected chi connectivity index (χ4v) is 4.61. The van der Waals surface area contributed by atoms with Crippen LogP contribution in [-0.4, -0.2) is 37.6 Å². The van der Waals surface area contributed by atoms with Gasteiger partial charge in [0.2, 0.25) is 21.8 Å². The first kappa shape index (κ1) is 19.6. The lowest BCUT2D eigenvalue weighted by Crippen LogP contribution is -2.40. The Kier molecular flexibility index (Phi) is 6.28. The molecule has 0 amide bonds. The van der Waals surface area contributed by atoms with E-state index in [1.807, 2.05) is 31.2 Å². The molecule has 1 aromatic carbocycles. The Morgan fingerprint density at radius 2 is 1.74 bits per heavy atom. The molecule has 1 aromatic heterocycles. The van der Waals surface area contributed by atoms with Gasteiger partial charge in [-0.1, -0.05) is 29.8 Å². The van der Waals surface area contributed by atoms with E-state index in [2.05, 4.69) is 14.7 Å². The van der Waals surface area contributed by atoms with Crippen molar-refractivity contribution in [1.29, 1.82) is 0 Å². The van der Waals surface area contributed by atoms with Gasteiger partial charge in [-0.05, 0) is 38.2 Å². The van der Waals surface area contributed by atoms with E-state index in [9.17, 15) is 8.42 Å². The molecule has 1 aliphatic carbocycles. The van der Waals surface area contributed by atoms with Gasteiger partial charge in [-0.2, -0.15) is 4.98 Å². The van der Waals surface area contributed by atoms with Gasteiger partial charge in [-0.15, -0.1) is 0 Å². The van der Waals surface area contributed by atoms with Crippen molar-refractivity contribution >= 4 is 10.0 Å². The van der Waals surface area contributed by atoms with Crippen LogP contribution in [0.1, 0.15) is 36.8 Å². The Bertz CT molecular complexity index is 848. The molecule has 3 rings (SSSR count). The van der Waals surface area contributed by atoms with Gasteiger partial charge in [-0.3, -0.25) is 4.98 Å². The lowest BCUT2D eigenvalue weighted by molar-refractivity contribution is 0.136. The molecule has 1 saturated carbocycles. The SMILES string of the molecule is COc1cncc(OC2CCC(NS(=O)(=O)Cc3ccc(C)cc3)CC2)n1. The predicted molar refractivity (Wildman–Crippen MR) is 102 cm³/mol. The Morgan fingerprint density at radius 1 is 1.07 bits per heavy atom. The van der Waals surface area contributed by atoms with Gasteiger partial charge in [-0.25, -0.2) is 13.1 Å². The molecule has 0 spiro atoms. The van der Waals surface area contributed by atoms with Gasteiger partial charge in [0.15, 0.2) is 0 Å². The molecule has 0 aliphatic heterocycles. The minimum Gasteiger partial charge on any atom is -0.480 e. The summed E-state index contributed by atoms with van der Waals surface area (Å²) in [6.07, 6.45) is 6.06. The highest BCUT2D eigenvalue weighted by Crippen LogP contribution is 2.24. The smallest absolute Gasteiger partial charge is 0.235 e. The summed E-state index contributed by atoms with van der Waals surface area (Å²) in [5.74, 6) is 0.839. The Balaban J connectivity index is 1.49. The Morgan fingerprint density at radius 3 is 2.41 bits per heavy atom. The standard InChI is InChI=1S/C19H25N3O4S/c1-14-3-5-15(6-4-14)13-27(23,24)22-16-7-9-17(10-8-16)26-19-12-20-11-18(21-19)25-2/h3-6,11-12,16-17,22H,7-10,13H2,1-2H3. The first-order valence-corrected chi connectivity index (χ1v) is 10.7. The summed E-state index contributed by atoms with van der Waals surface area (Å²) in [5.41, 5.74) is 1.91. The number of nitrogens with zero attached hydrogens (tertiary/aromatic N) is 2. The molecule has 146 valence electrons. The van der Waals surface area contributed by atoms with Gasteiger partial charge in [0.05, 0.1) is 25.3 Å². The second-order valence-corrected chi connectivity index (χ2v) is 8.61. The maximum atomic E-state index is 12.4. The molecule has 2 aromatic rings. The largest absolute Gasteiger partial charge is 0.480 e. The minimum atomic E-state index is -3.36. The number of rotatable bonds is 7. The number of hydrogen-bond donors (Lipinski definition) is 1. The van der Waals surface area contributed by atoms with Crippen LogP contribution in [0.25, 0.3) is 0 Å². The molecule has 1 fully saturated rings. The third kappa shape index (κ3) is 5.90. The van der Waals surface area contributed by atoms with Gasteiger partial charge >= 0.3 is 0 Å². The van der Waals surface area contributed by atoms with E-state index in [4.69, 9.17) is 9.47 Å². The fraction of sp³-hybridized carbons (Fsp3) is 0.474. The zero-order chi connectivity index (χ0) is 19.3. The van der Waals surface area contributed by atoms with Crippen LogP contribution in [0, 0.1) is 6.92 Å². The molecule has 0 saturated heterocycles. The molecular weight excluding hydrogens is 366 g/mol. The average Bonchev–Trinajstić information content (AvgIpc) is 2.65. The predicted octanol–water partition coefficient (Wildman–Crippen LogP) is 2.60. The Hall–Kier alpha value is -2.19. The van der Waals surface area contributed by atoms with E-state index in [0.29, 0.717) is 11.8 Å². The second-order valence-electron chi connectivity index (χ2n) is 6.85. The van der Waals surface area contributed by atoms with Crippen molar-refractivity contribution in [3.05, 3.63) is 47.8 Å². The molecule has 1 N–H and O–H groups in total. The Labute approximate surface area is 160 Å². The van der Waals surface area contributed by atoms with Crippen LogP contribution in [-0.2, 0) is 15.8 Å². The van der Waals surface area contributed by atoms with Gasteiger partial charge in [0.25, 0.3) is 0 Å². The second kappa shape index (κ2) is 8.67.